The first-order valence-electron chi connectivity index (χ1n) is 44.8. The van der Waals surface area contributed by atoms with E-state index in [1.165, 1.54) is 44.5 Å². The van der Waals surface area contributed by atoms with Crippen LogP contribution in [0.5, 0.6) is 0 Å². The highest BCUT2D eigenvalue weighted by molar-refractivity contribution is 9.10. The minimum atomic E-state index is -0.561. The van der Waals surface area contributed by atoms with Gasteiger partial charge in [0.2, 0.25) is 23.1 Å². The summed E-state index contributed by atoms with van der Waals surface area (Å²) in [5.74, 6) is -1.58. The zero-order chi connectivity index (χ0) is 88.6. The van der Waals surface area contributed by atoms with E-state index in [2.05, 4.69) is 360 Å². The molecular formula is C120H81BrN2O8. The van der Waals surface area contributed by atoms with Crippen molar-refractivity contribution in [2.45, 2.75) is 78.1 Å². The van der Waals surface area contributed by atoms with Gasteiger partial charge in [0.15, 0.2) is 11.2 Å². The molecule has 0 N–H and O–H groups in total. The number of carbonyl (C=O) groups excluding carboxylic acids is 4. The van der Waals surface area contributed by atoms with Gasteiger partial charge in [0.05, 0.1) is 22.7 Å². The van der Waals surface area contributed by atoms with Crippen molar-refractivity contribution in [1.82, 2.24) is 0 Å². The molecule has 22 aromatic rings. The third kappa shape index (κ3) is 11.3. The molecule has 0 amide bonds. The van der Waals surface area contributed by atoms with Gasteiger partial charge >= 0.3 is 0 Å². The number of Topliss-reactive ketones (excluding diaryl/α,β-unsaturated/α-hetero) is 4. The summed E-state index contributed by atoms with van der Waals surface area (Å²) < 4.78 is 28.4. The van der Waals surface area contributed by atoms with E-state index in [4.69, 9.17) is 17.7 Å². The number of hydrogen-bond acceptors (Lipinski definition) is 10. The van der Waals surface area contributed by atoms with E-state index < -0.39 is 23.1 Å². The number of hydrogen-bond donors (Lipinski definition) is 0. The minimum Gasteiger partial charge on any atom is -0.455 e. The molecule has 18 aromatic carbocycles. The van der Waals surface area contributed by atoms with E-state index in [-0.39, 0.29) is 10.8 Å². The lowest BCUT2D eigenvalue weighted by molar-refractivity contribution is 0.0815. The smallest absolute Gasteiger partial charge is 0.234 e. The van der Waals surface area contributed by atoms with Gasteiger partial charge in [0, 0.05) is 125 Å². The Morgan fingerprint density at radius 2 is 0.626 bits per heavy atom. The van der Waals surface area contributed by atoms with Crippen molar-refractivity contribution in [3.63, 3.8) is 0 Å². The molecule has 4 aliphatic rings. The number of carbonyl (C=O) groups is 4. The molecule has 626 valence electrons. The molecule has 0 unspecified atom stereocenters. The van der Waals surface area contributed by atoms with Crippen LogP contribution in [-0.4, -0.2) is 23.1 Å². The summed E-state index contributed by atoms with van der Waals surface area (Å²) in [4.78, 5) is 61.1. The molecule has 4 heterocycles. The van der Waals surface area contributed by atoms with Crippen molar-refractivity contribution < 1.29 is 36.8 Å². The van der Waals surface area contributed by atoms with Crippen molar-refractivity contribution in [3.8, 4) is 66.8 Å². The number of fused-ring (bicyclic) bond motifs is 30. The maximum Gasteiger partial charge on any atom is 0.234 e. The maximum atomic E-state index is 14.2. The van der Waals surface area contributed by atoms with E-state index in [1.807, 2.05) is 30.3 Å². The average molecular weight is 1760 g/mol. The second-order valence-electron chi connectivity index (χ2n) is 37.0. The van der Waals surface area contributed by atoms with Crippen molar-refractivity contribution in [3.05, 3.63) is 394 Å². The lowest BCUT2D eigenvalue weighted by Crippen LogP contribution is -2.21. The Balaban J connectivity index is 0.000000141. The number of furan rings is 4. The Morgan fingerprint density at radius 3 is 1.12 bits per heavy atom. The molecule has 0 saturated carbocycles. The first kappa shape index (κ1) is 77.8. The molecule has 0 bridgehead atoms. The normalized spacial score (nSPS) is 13.9. The summed E-state index contributed by atoms with van der Waals surface area (Å²) >= 11 is 3.78. The Kier molecular flexibility index (Phi) is 17.0. The van der Waals surface area contributed by atoms with Crippen molar-refractivity contribution in [2.75, 3.05) is 9.80 Å². The minimum absolute atomic E-state index is 0.158. The van der Waals surface area contributed by atoms with Crippen molar-refractivity contribution >= 4 is 182 Å². The van der Waals surface area contributed by atoms with Crippen LogP contribution in [0.25, 0.3) is 176 Å². The molecule has 4 aromatic heterocycles. The van der Waals surface area contributed by atoms with Crippen LogP contribution in [0.15, 0.2) is 356 Å². The number of benzene rings is 18. The lowest BCUT2D eigenvalue weighted by Gasteiger charge is -2.28. The summed E-state index contributed by atoms with van der Waals surface area (Å²) in [5.41, 5.74) is 31.3. The molecular weight excluding hydrogens is 1680 g/mol. The zero-order valence-corrected chi connectivity index (χ0v) is 74.5. The highest BCUT2D eigenvalue weighted by atomic mass is 79.9. The summed E-state index contributed by atoms with van der Waals surface area (Å²) in [6.45, 7) is 17.9. The van der Waals surface area contributed by atoms with Gasteiger partial charge in [-0.3, -0.25) is 19.2 Å². The molecule has 10 nitrogen and oxygen atoms in total. The second-order valence-corrected chi connectivity index (χ2v) is 37.8. The van der Waals surface area contributed by atoms with E-state index in [1.54, 1.807) is 24.3 Å². The van der Waals surface area contributed by atoms with Crippen LogP contribution in [0.2, 0.25) is 0 Å². The Hall–Kier alpha value is -15.6. The predicted octanol–water partition coefficient (Wildman–Crippen LogP) is 33.3. The van der Waals surface area contributed by atoms with E-state index in [9.17, 15) is 19.2 Å². The van der Waals surface area contributed by atoms with Crippen LogP contribution < -0.4 is 9.80 Å². The van der Waals surface area contributed by atoms with Gasteiger partial charge in [0.25, 0.3) is 0 Å². The number of nitrogens with zero attached hydrogens (tertiary/aromatic N) is 2. The van der Waals surface area contributed by atoms with Gasteiger partial charge in [-0.1, -0.05) is 286 Å². The molecule has 0 atom stereocenters. The Labute approximate surface area is 762 Å². The van der Waals surface area contributed by atoms with E-state index in [0.717, 1.165) is 143 Å². The van der Waals surface area contributed by atoms with Gasteiger partial charge in [0.1, 0.15) is 33.5 Å². The molecule has 131 heavy (non-hydrogen) atoms. The SMILES string of the molecule is CC(C)c1ccc2c(c1)oc1c3c(cc(Br)c12)C(=O)C(=O)c1ccc2oc4c(N(c5ccc6c(c5)-c5ccccc5C6(C)C)c5cccc6c(-c7ccccc7)cccc56)cccc4c2c1-3.CC(C)c1ccc2c(c1)oc1c3c(ccc12)C(=O)C(=O)c1ccc2oc4c(N(c5ccc6c(c5)-c5ccccc5C6(C)C)c5cccc6c(-c7ccccc7)cccc56)cccc4c2c1-3. The third-order valence-electron chi connectivity index (χ3n) is 28.5. The molecule has 26 rings (SSSR count). The Morgan fingerprint density at radius 1 is 0.252 bits per heavy atom. The quantitative estimate of drug-likeness (QED) is 0.122. The highest BCUT2D eigenvalue weighted by Gasteiger charge is 2.42. The molecule has 0 saturated heterocycles. The van der Waals surface area contributed by atoms with Crippen LogP contribution >= 0.6 is 15.9 Å². The molecule has 11 heteroatoms. The Bertz CT molecular complexity index is 8850. The first-order valence-corrected chi connectivity index (χ1v) is 45.6. The van der Waals surface area contributed by atoms with Crippen LogP contribution in [0.4, 0.5) is 34.1 Å². The maximum absolute atomic E-state index is 14.2. The van der Waals surface area contributed by atoms with Crippen molar-refractivity contribution in [2.24, 2.45) is 0 Å². The highest BCUT2D eigenvalue weighted by Crippen LogP contribution is 2.59. The van der Waals surface area contributed by atoms with Gasteiger partial charge in [-0.2, -0.15) is 0 Å². The third-order valence-corrected chi connectivity index (χ3v) is 29.1. The standard InChI is InChI=1S/C60H40BrNO4.C60H41NO4/c1-32(2)34-23-25-40-51(29-34)66-59-52(40)47(61)31-44-55(59)54-41(56(63)57(44)64)26-28-50-53(54)42-19-12-22-49(58(42)65-50)62(35-24-27-46-43(30-35)38-15-8-9-20-45(38)60(46,3)4)48-21-11-17-37-36(16-10-18-39(37)48)33-13-6-5-7-14-33;1-33(2)35-23-25-41-42-26-27-44-55(59(42)65-52(41)31-35)54-43(56(62)57(44)63)28-30-51-53(54)45-19-12-22-50(58(45)64-51)61(36-24-29-48-46(32-36)39-15-8-9-20-47(39)60(48,3)4)49-21-11-17-38-37(16-10-18-40(38)49)34-13-6-5-7-14-34/h5-32H,1-4H3;5-33H,1-4H3. The van der Waals surface area contributed by atoms with Crippen LogP contribution in [0, 0.1) is 0 Å². The second kappa shape index (κ2) is 28.7. The average Bonchev–Trinajstić information content (AvgIpc) is 1.57. The van der Waals surface area contributed by atoms with Gasteiger partial charge in [-0.05, 0) is 220 Å². The molecule has 0 aliphatic heterocycles. The lowest BCUT2D eigenvalue weighted by atomic mass is 9.81. The topological polar surface area (TPSA) is 127 Å². The molecule has 0 fully saturated rings. The zero-order valence-electron chi connectivity index (χ0n) is 72.9. The van der Waals surface area contributed by atoms with Gasteiger partial charge < -0.3 is 27.5 Å². The fourth-order valence-corrected chi connectivity index (χ4v) is 22.7. The van der Waals surface area contributed by atoms with E-state index >= 15 is 0 Å². The predicted molar refractivity (Wildman–Crippen MR) is 536 cm³/mol. The number of anilines is 6. The summed E-state index contributed by atoms with van der Waals surface area (Å²) in [5, 5.41) is 11.3. The molecule has 0 radical (unpaired) electrons. The fourth-order valence-electron chi connectivity index (χ4n) is 22.1. The van der Waals surface area contributed by atoms with Crippen LogP contribution in [0.3, 0.4) is 0 Å². The monoisotopic (exact) mass is 1760 g/mol. The number of halogens is 1. The van der Waals surface area contributed by atoms with Crippen LogP contribution in [0.1, 0.15) is 142 Å². The number of para-hydroxylation sites is 2. The van der Waals surface area contributed by atoms with Gasteiger partial charge in [-0.15, -0.1) is 0 Å². The fraction of sp³-hybridized carbons (Fsp3) is 0.100. The first-order chi connectivity index (χ1) is 63.7. The molecule has 0 spiro atoms. The summed E-state index contributed by atoms with van der Waals surface area (Å²) in [6, 6.07) is 116. The summed E-state index contributed by atoms with van der Waals surface area (Å²) in [7, 11) is 0. The number of rotatable bonds is 10. The van der Waals surface area contributed by atoms with E-state index in [0.29, 0.717) is 94.3 Å². The van der Waals surface area contributed by atoms with Gasteiger partial charge in [-0.25, -0.2) is 0 Å². The van der Waals surface area contributed by atoms with Crippen LogP contribution in [-0.2, 0) is 10.8 Å². The number of ketones is 4. The molecule has 4 aliphatic carbocycles. The largest absolute Gasteiger partial charge is 0.455 e. The summed E-state index contributed by atoms with van der Waals surface area (Å²) in [6.07, 6.45) is 0. The van der Waals surface area contributed by atoms with Crippen molar-refractivity contribution in [1.29, 1.82) is 0 Å².